The maximum Gasteiger partial charge on any atom is 0.306 e. The van der Waals surface area contributed by atoms with Gasteiger partial charge in [0.15, 0.2) is 0 Å². The van der Waals surface area contributed by atoms with Gasteiger partial charge in [0.05, 0.1) is 42.3 Å². The molecule has 3 heterocycles. The van der Waals surface area contributed by atoms with Crippen molar-refractivity contribution in [3.05, 3.63) is 42.0 Å². The van der Waals surface area contributed by atoms with Gasteiger partial charge in [0.1, 0.15) is 29.5 Å². The summed E-state index contributed by atoms with van der Waals surface area (Å²) in [5, 5.41) is 3.19. The van der Waals surface area contributed by atoms with Crippen LogP contribution < -0.4 is 19.5 Å². The highest BCUT2D eigenvalue weighted by molar-refractivity contribution is 7.91. The summed E-state index contributed by atoms with van der Waals surface area (Å²) >= 11 is 0. The van der Waals surface area contributed by atoms with Crippen molar-refractivity contribution in [2.45, 2.75) is 139 Å². The van der Waals surface area contributed by atoms with E-state index in [0.29, 0.717) is 42.8 Å². The predicted molar refractivity (Wildman–Crippen MR) is 212 cm³/mol. The van der Waals surface area contributed by atoms with E-state index in [2.05, 4.69) is 22.2 Å². The molecule has 5 fully saturated rings. The van der Waals surface area contributed by atoms with Gasteiger partial charge in [0, 0.05) is 11.8 Å². The van der Waals surface area contributed by atoms with Crippen molar-refractivity contribution >= 4 is 44.6 Å². The zero-order valence-electron chi connectivity index (χ0n) is 33.1. The number of para-hydroxylation sites is 1. The Morgan fingerprint density at radius 2 is 1.75 bits per heavy atom. The minimum atomic E-state index is -3.86. The van der Waals surface area contributed by atoms with E-state index in [4.69, 9.17) is 19.2 Å². The minimum Gasteiger partial charge on any atom is -0.496 e. The van der Waals surface area contributed by atoms with Gasteiger partial charge in [-0.25, -0.2) is 13.4 Å². The molecular formula is C43H56N4O9S. The molecule has 4 aliphatic carbocycles. The number of hydrogen-bond donors (Lipinski definition) is 2. The van der Waals surface area contributed by atoms with Crippen molar-refractivity contribution in [3.8, 4) is 11.6 Å². The van der Waals surface area contributed by atoms with E-state index in [1.165, 1.54) is 4.90 Å². The third-order valence-electron chi connectivity index (χ3n) is 13.5. The Hall–Kier alpha value is -4.20. The van der Waals surface area contributed by atoms with Crippen LogP contribution in [0.3, 0.4) is 0 Å². The second kappa shape index (κ2) is 16.2. The van der Waals surface area contributed by atoms with Gasteiger partial charge in [-0.3, -0.25) is 23.9 Å². The highest BCUT2D eigenvalue weighted by Gasteiger charge is 2.62. The molecule has 308 valence electrons. The number of amides is 3. The van der Waals surface area contributed by atoms with Crippen LogP contribution in [0.5, 0.6) is 11.6 Å². The molecule has 2 bridgehead atoms. The second-order valence-electron chi connectivity index (χ2n) is 17.2. The number of esters is 1. The lowest BCUT2D eigenvalue weighted by molar-refractivity contribution is -0.156. The number of methoxy groups -OCH3 is 1. The molecule has 4 saturated carbocycles. The Balaban J connectivity index is 1.15. The number of carbonyl (C=O) groups excluding carboxylic acids is 4. The standard InChI is InChI=1S/C43H56N4O9S/c1-3-28-24-43(28,42(51)46-57(52,53)30-20-21-30)45-39(49)35-22-29-25-47(35)41(50)33(26-12-7-8-13-26)23-37(48)56-36-19-11-15-27(36)14-5-4-6-17-32-38(54-2)31-16-9-10-18-34(31)44-40(32)55-29/h4,6,9-10,16,18,26-30,33,35-36H,3,5,7-8,11-15,17,19-25H2,1-2H3,(H,45,49)(H,46,51)/b6-4+/t27-,28-,29-,33+,35+,36-,43-/m1/s1. The van der Waals surface area contributed by atoms with Crippen LogP contribution in [0, 0.1) is 23.7 Å². The van der Waals surface area contributed by atoms with Crippen molar-refractivity contribution in [3.63, 3.8) is 0 Å². The van der Waals surface area contributed by atoms with Crippen molar-refractivity contribution in [2.75, 3.05) is 13.7 Å². The molecular weight excluding hydrogens is 749 g/mol. The lowest BCUT2D eigenvalue weighted by Crippen LogP contribution is -2.57. The molecule has 0 radical (unpaired) electrons. The number of hydrogen-bond acceptors (Lipinski definition) is 10. The number of aromatic nitrogens is 1. The first-order valence-corrected chi connectivity index (χ1v) is 22.7. The molecule has 3 amide bonds. The fourth-order valence-corrected chi connectivity index (χ4v) is 11.4. The number of fused-ring (bicyclic) bond motifs is 5. The minimum absolute atomic E-state index is 0.0421. The monoisotopic (exact) mass is 804 g/mol. The largest absolute Gasteiger partial charge is 0.496 e. The lowest BCUT2D eigenvalue weighted by Gasteiger charge is -2.32. The lowest BCUT2D eigenvalue weighted by atomic mass is 9.86. The molecule has 1 aromatic heterocycles. The van der Waals surface area contributed by atoms with Gasteiger partial charge in [-0.1, -0.05) is 50.5 Å². The first-order chi connectivity index (χ1) is 27.5. The molecule has 13 nitrogen and oxygen atoms in total. The van der Waals surface area contributed by atoms with Crippen molar-refractivity contribution in [2.24, 2.45) is 23.7 Å². The van der Waals surface area contributed by atoms with Gasteiger partial charge < -0.3 is 24.4 Å². The molecule has 57 heavy (non-hydrogen) atoms. The van der Waals surface area contributed by atoms with E-state index >= 15 is 0 Å². The summed E-state index contributed by atoms with van der Waals surface area (Å²) < 4.78 is 46.8. The number of nitrogens with one attached hydrogen (secondary N) is 2. The van der Waals surface area contributed by atoms with Crippen LogP contribution in [0.4, 0.5) is 0 Å². The van der Waals surface area contributed by atoms with Crippen LogP contribution in [-0.2, 0) is 40.4 Å². The molecule has 1 aromatic carbocycles. The van der Waals surface area contributed by atoms with Gasteiger partial charge in [0.25, 0.3) is 5.91 Å². The number of benzene rings is 1. The number of sulfonamides is 1. The average Bonchev–Trinajstić information content (AvgIpc) is 3.98. The first kappa shape index (κ1) is 39.6. The summed E-state index contributed by atoms with van der Waals surface area (Å²) in [6.07, 6.45) is 13.7. The van der Waals surface area contributed by atoms with Crippen LogP contribution in [0.25, 0.3) is 10.9 Å². The third-order valence-corrected chi connectivity index (χ3v) is 15.3. The number of carbonyl (C=O) groups is 4. The molecule has 6 aliphatic rings. The van der Waals surface area contributed by atoms with Gasteiger partial charge in [-0.15, -0.1) is 0 Å². The summed E-state index contributed by atoms with van der Waals surface area (Å²) in [7, 11) is -2.23. The highest BCUT2D eigenvalue weighted by Crippen LogP contribution is 2.47. The van der Waals surface area contributed by atoms with Crippen LogP contribution in [0.15, 0.2) is 36.4 Å². The quantitative estimate of drug-likeness (QED) is 0.264. The second-order valence-corrected chi connectivity index (χ2v) is 19.2. The normalized spacial score (nSPS) is 31.6. The Kier molecular flexibility index (Phi) is 11.3. The fourth-order valence-electron chi connectivity index (χ4n) is 10.1. The maximum atomic E-state index is 15.0. The predicted octanol–water partition coefficient (Wildman–Crippen LogP) is 5.29. The van der Waals surface area contributed by atoms with E-state index in [-0.39, 0.29) is 61.5 Å². The number of ether oxygens (including phenoxy) is 3. The molecule has 2 N–H and O–H groups in total. The molecule has 7 atom stereocenters. The van der Waals surface area contributed by atoms with Crippen LogP contribution in [0.2, 0.25) is 0 Å². The van der Waals surface area contributed by atoms with Crippen LogP contribution in [-0.4, -0.2) is 84.7 Å². The van der Waals surface area contributed by atoms with E-state index in [1.807, 2.05) is 31.2 Å². The molecule has 2 aromatic rings. The SMILES string of the molecule is CC[C@@H]1C[C@]1(NC(=O)[C@@H]1C[C@@H]2CN1C(=O)[C@H](C1CCCC1)CC(=O)O[C@@H]1CCC[C@H]1CC/C=C/Cc1c(nc3ccccc3c1OC)O2)C(=O)NS(=O)(=O)C1CC1. The molecule has 2 aliphatic heterocycles. The summed E-state index contributed by atoms with van der Waals surface area (Å²) in [5.74, 6) is -1.73. The zero-order chi connectivity index (χ0) is 39.9. The van der Waals surface area contributed by atoms with E-state index in [9.17, 15) is 27.6 Å². The summed E-state index contributed by atoms with van der Waals surface area (Å²) in [4.78, 5) is 63.5. The highest BCUT2D eigenvalue weighted by atomic mass is 32.2. The summed E-state index contributed by atoms with van der Waals surface area (Å²) in [5.41, 5.74) is 0.0274. The molecule has 0 unspecified atom stereocenters. The summed E-state index contributed by atoms with van der Waals surface area (Å²) in [6, 6.07) is 6.63. The van der Waals surface area contributed by atoms with E-state index < -0.39 is 50.7 Å². The molecule has 14 heteroatoms. The van der Waals surface area contributed by atoms with Crippen LogP contribution >= 0.6 is 0 Å². The third kappa shape index (κ3) is 8.12. The Labute approximate surface area is 335 Å². The zero-order valence-corrected chi connectivity index (χ0v) is 33.9. The van der Waals surface area contributed by atoms with Crippen LogP contribution in [0.1, 0.15) is 109 Å². The number of pyridine rings is 1. The number of allylic oxidation sites excluding steroid dienone is 2. The maximum absolute atomic E-state index is 15.0. The van der Waals surface area contributed by atoms with Crippen molar-refractivity contribution in [1.29, 1.82) is 0 Å². The fraction of sp³-hybridized carbons (Fsp3) is 0.651. The summed E-state index contributed by atoms with van der Waals surface area (Å²) in [6.45, 7) is 1.95. The van der Waals surface area contributed by atoms with Gasteiger partial charge >= 0.3 is 5.97 Å². The van der Waals surface area contributed by atoms with Gasteiger partial charge in [-0.2, -0.15) is 0 Å². The molecule has 8 rings (SSSR count). The smallest absolute Gasteiger partial charge is 0.306 e. The van der Waals surface area contributed by atoms with Gasteiger partial charge in [0.2, 0.25) is 27.7 Å². The molecule has 1 saturated heterocycles. The number of rotatable bonds is 8. The average molecular weight is 805 g/mol. The van der Waals surface area contributed by atoms with Crippen molar-refractivity contribution < 1.29 is 41.8 Å². The Morgan fingerprint density at radius 1 is 0.982 bits per heavy atom. The topological polar surface area (TPSA) is 170 Å². The molecule has 0 spiro atoms. The van der Waals surface area contributed by atoms with Crippen molar-refractivity contribution in [1.82, 2.24) is 19.9 Å². The first-order valence-electron chi connectivity index (χ1n) is 21.2. The van der Waals surface area contributed by atoms with E-state index in [1.54, 1.807) is 7.11 Å². The Bertz CT molecular complexity index is 2030. The number of nitrogens with zero attached hydrogens (tertiary/aromatic N) is 2. The van der Waals surface area contributed by atoms with Gasteiger partial charge in [-0.05, 0) is 101 Å². The van der Waals surface area contributed by atoms with E-state index in [0.717, 1.165) is 68.7 Å². The Morgan fingerprint density at radius 3 is 2.49 bits per heavy atom.